The normalized spacial score (nSPS) is 18.9. The minimum atomic E-state index is 0.0957. The lowest BCUT2D eigenvalue weighted by molar-refractivity contribution is 0.0887. The Morgan fingerprint density at radius 3 is 2.57 bits per heavy atom. The minimum absolute atomic E-state index is 0.0957. The molecule has 14 heavy (non-hydrogen) atoms. The first-order valence-corrected chi connectivity index (χ1v) is 5.80. The summed E-state index contributed by atoms with van der Waals surface area (Å²) in [7, 11) is 0. The summed E-state index contributed by atoms with van der Waals surface area (Å²) >= 11 is 0. The summed E-state index contributed by atoms with van der Waals surface area (Å²) < 4.78 is 0. The summed E-state index contributed by atoms with van der Waals surface area (Å²) in [5.41, 5.74) is 0.0957. The standard InChI is InChI=1S/C12H23NO/c1-2-3-4-5-6-10-13-12(11-14)8-7-9-12/h2,13-14H,1,3-11H2. The lowest BCUT2D eigenvalue weighted by Gasteiger charge is -2.41. The van der Waals surface area contributed by atoms with Crippen LogP contribution in [0.5, 0.6) is 0 Å². The molecule has 0 atom stereocenters. The highest BCUT2D eigenvalue weighted by Crippen LogP contribution is 2.30. The quantitative estimate of drug-likeness (QED) is 0.462. The molecule has 0 unspecified atom stereocenters. The fourth-order valence-electron chi connectivity index (χ4n) is 1.94. The van der Waals surface area contributed by atoms with Crippen LogP contribution in [0.3, 0.4) is 0 Å². The van der Waals surface area contributed by atoms with E-state index in [-0.39, 0.29) is 5.54 Å². The number of nitrogens with one attached hydrogen (secondary N) is 1. The molecule has 1 aliphatic carbocycles. The maximum Gasteiger partial charge on any atom is 0.0613 e. The van der Waals surface area contributed by atoms with Crippen LogP contribution in [0, 0.1) is 0 Å². The predicted molar refractivity (Wildman–Crippen MR) is 60.3 cm³/mol. The highest BCUT2D eigenvalue weighted by molar-refractivity contribution is 4.95. The molecule has 82 valence electrons. The summed E-state index contributed by atoms with van der Waals surface area (Å²) in [6.07, 6.45) is 10.4. The van der Waals surface area contributed by atoms with E-state index in [0.717, 1.165) is 25.8 Å². The van der Waals surface area contributed by atoms with Gasteiger partial charge in [0, 0.05) is 5.54 Å². The molecular formula is C12H23NO. The zero-order valence-electron chi connectivity index (χ0n) is 9.10. The van der Waals surface area contributed by atoms with Crippen molar-refractivity contribution in [3.8, 4) is 0 Å². The third kappa shape index (κ3) is 3.43. The van der Waals surface area contributed by atoms with Gasteiger partial charge in [0.2, 0.25) is 0 Å². The average Bonchev–Trinajstić information content (AvgIpc) is 2.15. The van der Waals surface area contributed by atoms with Crippen molar-refractivity contribution in [2.24, 2.45) is 0 Å². The Hall–Kier alpha value is -0.340. The van der Waals surface area contributed by atoms with Gasteiger partial charge in [0.25, 0.3) is 0 Å². The summed E-state index contributed by atoms with van der Waals surface area (Å²) in [5.74, 6) is 0. The van der Waals surface area contributed by atoms with Crippen molar-refractivity contribution < 1.29 is 5.11 Å². The first-order chi connectivity index (χ1) is 6.83. The summed E-state index contributed by atoms with van der Waals surface area (Å²) in [4.78, 5) is 0. The number of unbranched alkanes of at least 4 members (excludes halogenated alkanes) is 3. The number of allylic oxidation sites excluding steroid dienone is 1. The minimum Gasteiger partial charge on any atom is -0.394 e. The van der Waals surface area contributed by atoms with Crippen molar-refractivity contribution in [2.75, 3.05) is 13.2 Å². The largest absolute Gasteiger partial charge is 0.394 e. The second-order valence-electron chi connectivity index (χ2n) is 4.36. The van der Waals surface area contributed by atoms with Crippen LogP contribution in [0.15, 0.2) is 12.7 Å². The Labute approximate surface area is 87.4 Å². The van der Waals surface area contributed by atoms with E-state index in [1.807, 2.05) is 6.08 Å². The van der Waals surface area contributed by atoms with Crippen LogP contribution in [0.25, 0.3) is 0 Å². The SMILES string of the molecule is C=CCCCCCNC1(CO)CCC1. The van der Waals surface area contributed by atoms with E-state index in [0.29, 0.717) is 6.61 Å². The molecule has 1 saturated carbocycles. The van der Waals surface area contributed by atoms with Crippen molar-refractivity contribution in [3.63, 3.8) is 0 Å². The highest BCUT2D eigenvalue weighted by atomic mass is 16.3. The van der Waals surface area contributed by atoms with Gasteiger partial charge >= 0.3 is 0 Å². The highest BCUT2D eigenvalue weighted by Gasteiger charge is 2.35. The van der Waals surface area contributed by atoms with Crippen molar-refractivity contribution in [3.05, 3.63) is 12.7 Å². The third-order valence-corrected chi connectivity index (χ3v) is 3.20. The second-order valence-corrected chi connectivity index (χ2v) is 4.36. The molecule has 0 bridgehead atoms. The molecule has 2 heteroatoms. The first kappa shape index (κ1) is 11.7. The van der Waals surface area contributed by atoms with Gasteiger partial charge < -0.3 is 10.4 Å². The number of aliphatic hydroxyl groups excluding tert-OH is 1. The van der Waals surface area contributed by atoms with Crippen LogP contribution in [0.2, 0.25) is 0 Å². The van der Waals surface area contributed by atoms with Gasteiger partial charge in [-0.15, -0.1) is 6.58 Å². The van der Waals surface area contributed by atoms with E-state index in [9.17, 15) is 5.11 Å². The van der Waals surface area contributed by atoms with Gasteiger partial charge in [0.15, 0.2) is 0 Å². The van der Waals surface area contributed by atoms with Crippen LogP contribution in [-0.2, 0) is 0 Å². The van der Waals surface area contributed by atoms with Crippen LogP contribution in [0.1, 0.15) is 44.9 Å². The van der Waals surface area contributed by atoms with Crippen LogP contribution < -0.4 is 5.32 Å². The predicted octanol–water partition coefficient (Wildman–Crippen LogP) is 2.24. The smallest absolute Gasteiger partial charge is 0.0613 e. The molecule has 0 heterocycles. The van der Waals surface area contributed by atoms with Crippen molar-refractivity contribution in [1.82, 2.24) is 5.32 Å². The topological polar surface area (TPSA) is 32.3 Å². The van der Waals surface area contributed by atoms with Gasteiger partial charge in [-0.2, -0.15) is 0 Å². The zero-order chi connectivity index (χ0) is 10.3. The van der Waals surface area contributed by atoms with E-state index in [1.54, 1.807) is 0 Å². The molecule has 1 fully saturated rings. The third-order valence-electron chi connectivity index (χ3n) is 3.20. The van der Waals surface area contributed by atoms with E-state index in [4.69, 9.17) is 0 Å². The fraction of sp³-hybridized carbons (Fsp3) is 0.833. The molecule has 0 saturated heterocycles. The summed E-state index contributed by atoms with van der Waals surface area (Å²) in [6, 6.07) is 0. The van der Waals surface area contributed by atoms with Crippen LogP contribution in [0.4, 0.5) is 0 Å². The number of hydrogen-bond acceptors (Lipinski definition) is 2. The molecular weight excluding hydrogens is 174 g/mol. The second kappa shape index (κ2) is 6.20. The van der Waals surface area contributed by atoms with Crippen LogP contribution >= 0.6 is 0 Å². The van der Waals surface area contributed by atoms with E-state index in [1.165, 1.54) is 25.7 Å². The Bertz CT molecular complexity index is 158. The average molecular weight is 197 g/mol. The molecule has 0 aromatic carbocycles. The van der Waals surface area contributed by atoms with Gasteiger partial charge in [-0.25, -0.2) is 0 Å². The van der Waals surface area contributed by atoms with Gasteiger partial charge in [0.05, 0.1) is 6.61 Å². The summed E-state index contributed by atoms with van der Waals surface area (Å²) in [6.45, 7) is 5.06. The van der Waals surface area contributed by atoms with Gasteiger partial charge in [-0.05, 0) is 45.1 Å². The molecule has 0 aromatic heterocycles. The van der Waals surface area contributed by atoms with Crippen molar-refractivity contribution >= 4 is 0 Å². The molecule has 0 aliphatic heterocycles. The molecule has 2 N–H and O–H groups in total. The maximum atomic E-state index is 9.20. The number of aliphatic hydroxyl groups is 1. The zero-order valence-corrected chi connectivity index (χ0v) is 9.10. The van der Waals surface area contributed by atoms with Gasteiger partial charge in [0.1, 0.15) is 0 Å². The number of rotatable bonds is 8. The maximum absolute atomic E-state index is 9.20. The Morgan fingerprint density at radius 1 is 1.29 bits per heavy atom. The molecule has 0 aromatic rings. The molecule has 1 aliphatic rings. The Kier molecular flexibility index (Phi) is 5.20. The Morgan fingerprint density at radius 2 is 2.07 bits per heavy atom. The van der Waals surface area contributed by atoms with Crippen molar-refractivity contribution in [1.29, 1.82) is 0 Å². The van der Waals surface area contributed by atoms with E-state index >= 15 is 0 Å². The van der Waals surface area contributed by atoms with Crippen molar-refractivity contribution in [2.45, 2.75) is 50.5 Å². The lowest BCUT2D eigenvalue weighted by Crippen LogP contribution is -2.54. The molecule has 0 amide bonds. The van der Waals surface area contributed by atoms with E-state index < -0.39 is 0 Å². The van der Waals surface area contributed by atoms with Crippen LogP contribution in [-0.4, -0.2) is 23.8 Å². The molecule has 0 spiro atoms. The first-order valence-electron chi connectivity index (χ1n) is 5.80. The molecule has 0 radical (unpaired) electrons. The van der Waals surface area contributed by atoms with Gasteiger partial charge in [-0.1, -0.05) is 12.5 Å². The molecule has 1 rings (SSSR count). The summed E-state index contributed by atoms with van der Waals surface area (Å²) in [5, 5.41) is 12.7. The fourth-order valence-corrected chi connectivity index (χ4v) is 1.94. The Balaban J connectivity index is 1.95. The number of hydrogen-bond donors (Lipinski definition) is 2. The van der Waals surface area contributed by atoms with E-state index in [2.05, 4.69) is 11.9 Å². The lowest BCUT2D eigenvalue weighted by atomic mass is 9.77. The van der Waals surface area contributed by atoms with Gasteiger partial charge in [-0.3, -0.25) is 0 Å². The molecule has 2 nitrogen and oxygen atoms in total. The monoisotopic (exact) mass is 197 g/mol.